The topological polar surface area (TPSA) is 72.9 Å². The molecule has 1 aromatic heterocycles. The molecule has 112 valence electrons. The summed E-state index contributed by atoms with van der Waals surface area (Å²) in [7, 11) is 0. The number of rotatable bonds is 5. The Balaban J connectivity index is 2.10. The van der Waals surface area contributed by atoms with Gasteiger partial charge in [0.05, 0.1) is 17.1 Å². The molecule has 1 heterocycles. The number of aryl methyl sites for hydroxylation is 1. The third-order valence-electron chi connectivity index (χ3n) is 3.27. The maximum Gasteiger partial charge on any atom is 0.246 e. The Labute approximate surface area is 132 Å². The van der Waals surface area contributed by atoms with Crippen LogP contribution in [0.3, 0.4) is 0 Å². The molecule has 0 bridgehead atoms. The van der Waals surface area contributed by atoms with Crippen LogP contribution in [0.2, 0.25) is 0 Å². The van der Waals surface area contributed by atoms with E-state index in [9.17, 15) is 4.79 Å². The number of halogens is 1. The van der Waals surface area contributed by atoms with Gasteiger partial charge in [-0.2, -0.15) is 5.10 Å². The van der Waals surface area contributed by atoms with Crippen molar-refractivity contribution in [2.45, 2.75) is 33.2 Å². The van der Waals surface area contributed by atoms with E-state index in [1.54, 1.807) is 4.68 Å². The van der Waals surface area contributed by atoms with Crippen molar-refractivity contribution in [1.82, 2.24) is 9.78 Å². The molecule has 0 spiro atoms. The van der Waals surface area contributed by atoms with Gasteiger partial charge in [0.2, 0.25) is 5.91 Å². The van der Waals surface area contributed by atoms with Gasteiger partial charge < -0.3 is 11.1 Å². The first-order valence-electron chi connectivity index (χ1n) is 6.94. The van der Waals surface area contributed by atoms with Crippen LogP contribution in [0.15, 0.2) is 28.7 Å². The summed E-state index contributed by atoms with van der Waals surface area (Å²) in [6, 6.07) is 7.46. The lowest BCUT2D eigenvalue weighted by Crippen LogP contribution is -2.21. The standard InChI is InChI=1S/C15H19BrN4O/c1-3-12-15(17)13(4-2)20(19-12)9-14(21)18-11-7-5-10(16)6-8-11/h5-8H,3-4,9,17H2,1-2H3,(H,18,21). The van der Waals surface area contributed by atoms with Crippen LogP contribution in [0.4, 0.5) is 11.4 Å². The van der Waals surface area contributed by atoms with Gasteiger partial charge in [-0.1, -0.05) is 29.8 Å². The monoisotopic (exact) mass is 350 g/mol. The molecule has 0 aliphatic heterocycles. The molecule has 6 heteroatoms. The number of amides is 1. The highest BCUT2D eigenvalue weighted by Gasteiger charge is 2.14. The number of benzene rings is 1. The van der Waals surface area contributed by atoms with E-state index in [1.807, 2.05) is 38.1 Å². The summed E-state index contributed by atoms with van der Waals surface area (Å²) in [5, 5.41) is 7.27. The summed E-state index contributed by atoms with van der Waals surface area (Å²) in [5.41, 5.74) is 9.28. The van der Waals surface area contributed by atoms with E-state index in [-0.39, 0.29) is 12.5 Å². The molecule has 1 amide bonds. The van der Waals surface area contributed by atoms with E-state index in [0.29, 0.717) is 5.69 Å². The molecule has 2 aromatic rings. The lowest BCUT2D eigenvalue weighted by Gasteiger charge is -2.08. The van der Waals surface area contributed by atoms with E-state index in [4.69, 9.17) is 5.73 Å². The SMILES string of the molecule is CCc1nn(CC(=O)Nc2ccc(Br)cc2)c(CC)c1N. The lowest BCUT2D eigenvalue weighted by molar-refractivity contribution is -0.116. The van der Waals surface area contributed by atoms with Crippen LogP contribution in [-0.2, 0) is 24.2 Å². The van der Waals surface area contributed by atoms with Gasteiger partial charge in [0.25, 0.3) is 0 Å². The summed E-state index contributed by atoms with van der Waals surface area (Å²) in [6.07, 6.45) is 1.52. The fourth-order valence-electron chi connectivity index (χ4n) is 2.20. The van der Waals surface area contributed by atoms with Crippen LogP contribution in [0, 0.1) is 0 Å². The molecule has 0 atom stereocenters. The van der Waals surface area contributed by atoms with Gasteiger partial charge in [0.15, 0.2) is 0 Å². The first kappa shape index (κ1) is 15.6. The molecular weight excluding hydrogens is 332 g/mol. The zero-order valence-corrected chi connectivity index (χ0v) is 13.8. The van der Waals surface area contributed by atoms with Crippen molar-refractivity contribution in [3.63, 3.8) is 0 Å². The van der Waals surface area contributed by atoms with Crippen LogP contribution < -0.4 is 11.1 Å². The first-order valence-corrected chi connectivity index (χ1v) is 7.73. The number of carbonyl (C=O) groups is 1. The third-order valence-corrected chi connectivity index (χ3v) is 3.79. The maximum absolute atomic E-state index is 12.1. The van der Waals surface area contributed by atoms with Gasteiger partial charge in [0.1, 0.15) is 6.54 Å². The Morgan fingerprint density at radius 3 is 2.52 bits per heavy atom. The van der Waals surface area contributed by atoms with E-state index < -0.39 is 0 Å². The third kappa shape index (κ3) is 3.64. The summed E-state index contributed by atoms with van der Waals surface area (Å²) in [5.74, 6) is -0.114. The van der Waals surface area contributed by atoms with Gasteiger partial charge in [-0.25, -0.2) is 0 Å². The molecule has 1 aromatic carbocycles. The van der Waals surface area contributed by atoms with E-state index >= 15 is 0 Å². The van der Waals surface area contributed by atoms with Crippen LogP contribution in [0.1, 0.15) is 25.2 Å². The normalized spacial score (nSPS) is 10.6. The largest absolute Gasteiger partial charge is 0.396 e. The Kier molecular flexibility index (Phi) is 5.01. The number of nitrogen functional groups attached to an aromatic ring is 1. The zero-order chi connectivity index (χ0) is 15.4. The minimum atomic E-state index is -0.114. The Bertz CT molecular complexity index is 634. The highest BCUT2D eigenvalue weighted by atomic mass is 79.9. The Morgan fingerprint density at radius 1 is 1.29 bits per heavy atom. The van der Waals surface area contributed by atoms with E-state index in [1.165, 1.54) is 0 Å². The summed E-state index contributed by atoms with van der Waals surface area (Å²) < 4.78 is 2.67. The molecule has 0 aliphatic carbocycles. The van der Waals surface area contributed by atoms with Gasteiger partial charge >= 0.3 is 0 Å². The Hall–Kier alpha value is -1.82. The summed E-state index contributed by atoms with van der Waals surface area (Å²) in [4.78, 5) is 12.1. The van der Waals surface area contributed by atoms with E-state index in [2.05, 4.69) is 26.3 Å². The van der Waals surface area contributed by atoms with Gasteiger partial charge in [-0.3, -0.25) is 9.48 Å². The van der Waals surface area contributed by atoms with Crippen molar-refractivity contribution in [2.75, 3.05) is 11.1 Å². The fraction of sp³-hybridized carbons (Fsp3) is 0.333. The van der Waals surface area contributed by atoms with Gasteiger partial charge in [-0.05, 0) is 37.1 Å². The molecule has 5 nitrogen and oxygen atoms in total. The van der Waals surface area contributed by atoms with Crippen molar-refractivity contribution in [2.24, 2.45) is 0 Å². The fourth-order valence-corrected chi connectivity index (χ4v) is 2.46. The molecule has 21 heavy (non-hydrogen) atoms. The molecule has 0 saturated heterocycles. The highest BCUT2D eigenvalue weighted by Crippen LogP contribution is 2.19. The second kappa shape index (κ2) is 6.76. The first-order chi connectivity index (χ1) is 10.0. The molecule has 0 radical (unpaired) electrons. The van der Waals surface area contributed by atoms with Crippen molar-refractivity contribution in [1.29, 1.82) is 0 Å². The number of hydrogen-bond acceptors (Lipinski definition) is 3. The van der Waals surface area contributed by atoms with Gasteiger partial charge in [0, 0.05) is 10.2 Å². The number of anilines is 2. The van der Waals surface area contributed by atoms with Crippen molar-refractivity contribution < 1.29 is 4.79 Å². The highest BCUT2D eigenvalue weighted by molar-refractivity contribution is 9.10. The molecular formula is C15H19BrN4O. The van der Waals surface area contributed by atoms with Crippen LogP contribution >= 0.6 is 15.9 Å². The van der Waals surface area contributed by atoms with Crippen LogP contribution in [-0.4, -0.2) is 15.7 Å². The average molecular weight is 351 g/mol. The second-order valence-corrected chi connectivity index (χ2v) is 5.64. The molecule has 3 N–H and O–H groups in total. The number of nitrogens with zero attached hydrogens (tertiary/aromatic N) is 2. The second-order valence-electron chi connectivity index (χ2n) is 4.73. The maximum atomic E-state index is 12.1. The van der Waals surface area contributed by atoms with Gasteiger partial charge in [-0.15, -0.1) is 0 Å². The summed E-state index contributed by atoms with van der Waals surface area (Å²) in [6.45, 7) is 4.18. The molecule has 2 rings (SSSR count). The number of hydrogen-bond donors (Lipinski definition) is 2. The Morgan fingerprint density at radius 2 is 1.95 bits per heavy atom. The molecule has 0 aliphatic rings. The average Bonchev–Trinajstić information content (AvgIpc) is 2.76. The van der Waals surface area contributed by atoms with E-state index in [0.717, 1.165) is 34.4 Å². The number of aromatic nitrogens is 2. The summed E-state index contributed by atoms with van der Waals surface area (Å²) >= 11 is 3.36. The zero-order valence-electron chi connectivity index (χ0n) is 12.2. The number of nitrogens with one attached hydrogen (secondary N) is 1. The predicted octanol–water partition coefficient (Wildman–Crippen LogP) is 2.99. The molecule has 0 unspecified atom stereocenters. The van der Waals surface area contributed by atoms with Crippen molar-refractivity contribution in [3.8, 4) is 0 Å². The minimum absolute atomic E-state index is 0.114. The quantitative estimate of drug-likeness (QED) is 0.870. The van der Waals surface area contributed by atoms with Crippen LogP contribution in [0.25, 0.3) is 0 Å². The lowest BCUT2D eigenvalue weighted by atomic mass is 10.2. The molecule has 0 fully saturated rings. The number of carbonyl (C=O) groups excluding carboxylic acids is 1. The van der Waals surface area contributed by atoms with Crippen molar-refractivity contribution in [3.05, 3.63) is 40.1 Å². The van der Waals surface area contributed by atoms with Crippen LogP contribution in [0.5, 0.6) is 0 Å². The predicted molar refractivity (Wildman–Crippen MR) is 88.2 cm³/mol. The molecule has 0 saturated carbocycles. The minimum Gasteiger partial charge on any atom is -0.396 e. The van der Waals surface area contributed by atoms with Crippen molar-refractivity contribution >= 4 is 33.2 Å². The number of nitrogens with two attached hydrogens (primary N) is 1. The smallest absolute Gasteiger partial charge is 0.246 e.